The maximum absolute atomic E-state index is 5.47. The van der Waals surface area contributed by atoms with Crippen LogP contribution >= 0.6 is 0 Å². The molecule has 0 atom stereocenters. The second-order valence-electron chi connectivity index (χ2n) is 2.80. The van der Waals surface area contributed by atoms with Gasteiger partial charge in [-0.25, -0.2) is 0 Å². The minimum absolute atomic E-state index is 0.750. The third-order valence-corrected chi connectivity index (χ3v) is 2.55. The summed E-state index contributed by atoms with van der Waals surface area (Å²) in [5.74, 6) is 0. The molecule has 1 nitrogen and oxygen atoms in total. The Bertz CT molecular complexity index is 58.6. The van der Waals surface area contributed by atoms with Gasteiger partial charge in [-0.15, -0.1) is 0 Å². The van der Waals surface area contributed by atoms with Crippen molar-refractivity contribution in [2.75, 3.05) is 6.61 Å². The Morgan fingerprint density at radius 1 is 1.00 bits per heavy atom. The van der Waals surface area contributed by atoms with E-state index in [0.29, 0.717) is 0 Å². The van der Waals surface area contributed by atoms with Gasteiger partial charge in [0.05, 0.1) is 0 Å². The minimum atomic E-state index is 0.750. The van der Waals surface area contributed by atoms with Crippen LogP contribution in [0.4, 0.5) is 0 Å². The van der Waals surface area contributed by atoms with Crippen molar-refractivity contribution in [3.63, 3.8) is 0 Å². The van der Waals surface area contributed by atoms with Crippen LogP contribution in [0.2, 0.25) is 6.04 Å². The molecule has 0 aliphatic rings. The molecule has 0 N–H and O–H groups in total. The molecule has 0 rings (SSSR count). The van der Waals surface area contributed by atoms with Crippen LogP contribution in [0.15, 0.2) is 0 Å². The molecule has 0 aromatic heterocycles. The lowest BCUT2D eigenvalue weighted by molar-refractivity contribution is 0.321. The van der Waals surface area contributed by atoms with Crippen molar-refractivity contribution < 1.29 is 4.43 Å². The summed E-state index contributed by atoms with van der Waals surface area (Å²) in [6.07, 6.45) is 6.48. The van der Waals surface area contributed by atoms with E-state index in [9.17, 15) is 0 Å². The molecule has 0 bridgehead atoms. The largest absolute Gasteiger partial charge is 0.417 e. The van der Waals surface area contributed by atoms with E-state index >= 15 is 0 Å². The third kappa shape index (κ3) is 10.2. The summed E-state index contributed by atoms with van der Waals surface area (Å²) < 4.78 is 5.47. The molecule has 66 valence electrons. The summed E-state index contributed by atoms with van der Waals surface area (Å²) in [4.78, 5) is 0. The summed E-state index contributed by atoms with van der Waals surface area (Å²) in [6, 6.07) is 1.27. The van der Waals surface area contributed by atoms with E-state index in [-0.39, 0.29) is 0 Å². The van der Waals surface area contributed by atoms with Gasteiger partial charge in [0.2, 0.25) is 9.76 Å². The van der Waals surface area contributed by atoms with Crippen molar-refractivity contribution in [3.05, 3.63) is 0 Å². The Balaban J connectivity index is 2.69. The highest BCUT2D eigenvalue weighted by Gasteiger charge is 1.90. The highest BCUT2D eigenvalue weighted by molar-refractivity contribution is 6.26. The Morgan fingerprint density at radius 2 is 1.73 bits per heavy atom. The molecule has 0 fully saturated rings. The fourth-order valence-electron chi connectivity index (χ4n) is 0.818. The van der Waals surface area contributed by atoms with Crippen LogP contribution in [0.25, 0.3) is 0 Å². The van der Waals surface area contributed by atoms with Gasteiger partial charge in [0.25, 0.3) is 0 Å². The molecular weight excluding hydrogens is 152 g/mol. The molecular formula is C9H20OSi. The summed E-state index contributed by atoms with van der Waals surface area (Å²) in [6.45, 7) is 5.43. The maximum Gasteiger partial charge on any atom is 0.229 e. The normalized spacial score (nSPS) is 10.4. The van der Waals surface area contributed by atoms with Crippen LogP contribution < -0.4 is 0 Å². The fourth-order valence-corrected chi connectivity index (χ4v) is 1.75. The smallest absolute Gasteiger partial charge is 0.229 e. The summed E-state index contributed by atoms with van der Waals surface area (Å²) in [5.41, 5.74) is 0. The zero-order valence-corrected chi connectivity index (χ0v) is 8.86. The predicted molar refractivity (Wildman–Crippen MR) is 50.9 cm³/mol. The Kier molecular flexibility index (Phi) is 10.3. The summed E-state index contributed by atoms with van der Waals surface area (Å²) in [7, 11) is 0.750. The van der Waals surface area contributed by atoms with E-state index in [0.717, 1.165) is 16.4 Å². The molecule has 11 heavy (non-hydrogen) atoms. The standard InChI is InChI=1S/C9H20OSi/c1-3-5-7-8-10-11-9-6-4-2/h3-9H2,1-2H3. The summed E-state index contributed by atoms with van der Waals surface area (Å²) in [5, 5.41) is 0. The first kappa shape index (κ1) is 11.2. The fraction of sp³-hybridized carbons (Fsp3) is 1.00. The van der Waals surface area contributed by atoms with Crippen LogP contribution in [-0.2, 0) is 4.43 Å². The van der Waals surface area contributed by atoms with Crippen LogP contribution in [0.1, 0.15) is 46.0 Å². The first-order valence-electron chi connectivity index (χ1n) is 4.76. The first-order chi connectivity index (χ1) is 5.41. The van der Waals surface area contributed by atoms with Crippen molar-refractivity contribution in [2.24, 2.45) is 0 Å². The second kappa shape index (κ2) is 10.2. The van der Waals surface area contributed by atoms with Crippen LogP contribution in [-0.4, -0.2) is 16.4 Å². The molecule has 0 aliphatic carbocycles. The van der Waals surface area contributed by atoms with Gasteiger partial charge in [0, 0.05) is 6.61 Å². The number of hydrogen-bond donors (Lipinski definition) is 0. The van der Waals surface area contributed by atoms with Crippen molar-refractivity contribution in [1.29, 1.82) is 0 Å². The number of hydrogen-bond acceptors (Lipinski definition) is 1. The highest BCUT2D eigenvalue weighted by Crippen LogP contribution is 1.96. The third-order valence-electron chi connectivity index (χ3n) is 1.58. The van der Waals surface area contributed by atoms with Crippen molar-refractivity contribution in [3.8, 4) is 0 Å². The van der Waals surface area contributed by atoms with Gasteiger partial charge < -0.3 is 4.43 Å². The molecule has 0 heterocycles. The van der Waals surface area contributed by atoms with Crippen molar-refractivity contribution >= 4 is 9.76 Å². The number of unbranched alkanes of at least 4 members (excludes halogenated alkanes) is 3. The van der Waals surface area contributed by atoms with Crippen LogP contribution in [0, 0.1) is 0 Å². The first-order valence-corrected chi connectivity index (χ1v) is 5.88. The lowest BCUT2D eigenvalue weighted by Crippen LogP contribution is -1.99. The van der Waals surface area contributed by atoms with Gasteiger partial charge in [-0.3, -0.25) is 0 Å². The van der Waals surface area contributed by atoms with Crippen molar-refractivity contribution in [1.82, 2.24) is 0 Å². The van der Waals surface area contributed by atoms with Crippen LogP contribution in [0.5, 0.6) is 0 Å². The zero-order chi connectivity index (χ0) is 8.36. The monoisotopic (exact) mass is 172 g/mol. The van der Waals surface area contributed by atoms with Gasteiger partial charge in [-0.05, 0) is 12.5 Å². The topological polar surface area (TPSA) is 9.23 Å². The molecule has 2 radical (unpaired) electrons. The molecule has 0 spiro atoms. The van der Waals surface area contributed by atoms with Crippen LogP contribution in [0.3, 0.4) is 0 Å². The SMILES string of the molecule is CCCCCO[Si]CCCC. The molecule has 0 saturated carbocycles. The highest BCUT2D eigenvalue weighted by atomic mass is 28.2. The molecule has 0 amide bonds. The molecule has 0 unspecified atom stereocenters. The van der Waals surface area contributed by atoms with E-state index in [1.165, 1.54) is 38.1 Å². The molecule has 0 saturated heterocycles. The van der Waals surface area contributed by atoms with E-state index in [1.807, 2.05) is 0 Å². The Hall–Kier alpha value is 0.177. The lowest BCUT2D eigenvalue weighted by Gasteiger charge is -2.00. The quantitative estimate of drug-likeness (QED) is 0.404. The average Bonchev–Trinajstić information content (AvgIpc) is 2.03. The molecule has 0 aromatic rings. The van der Waals surface area contributed by atoms with Gasteiger partial charge in [-0.2, -0.15) is 0 Å². The molecule has 0 aromatic carbocycles. The minimum Gasteiger partial charge on any atom is -0.417 e. The summed E-state index contributed by atoms with van der Waals surface area (Å²) >= 11 is 0. The number of rotatable bonds is 8. The predicted octanol–water partition coefficient (Wildman–Crippen LogP) is 3.03. The Labute approximate surface area is 73.5 Å². The van der Waals surface area contributed by atoms with E-state index < -0.39 is 0 Å². The van der Waals surface area contributed by atoms with E-state index in [1.54, 1.807) is 0 Å². The van der Waals surface area contributed by atoms with Gasteiger partial charge in [0.1, 0.15) is 0 Å². The van der Waals surface area contributed by atoms with Gasteiger partial charge in [0.15, 0.2) is 0 Å². The maximum atomic E-state index is 5.47. The average molecular weight is 172 g/mol. The van der Waals surface area contributed by atoms with Crippen molar-refractivity contribution in [2.45, 2.75) is 52.0 Å². The van der Waals surface area contributed by atoms with E-state index in [4.69, 9.17) is 4.43 Å². The van der Waals surface area contributed by atoms with E-state index in [2.05, 4.69) is 13.8 Å². The lowest BCUT2D eigenvalue weighted by atomic mass is 10.3. The van der Waals surface area contributed by atoms with Gasteiger partial charge in [-0.1, -0.05) is 39.5 Å². The zero-order valence-electron chi connectivity index (χ0n) is 7.86. The van der Waals surface area contributed by atoms with Gasteiger partial charge >= 0.3 is 0 Å². The molecule has 0 aliphatic heterocycles. The molecule has 2 heteroatoms. The Morgan fingerprint density at radius 3 is 2.36 bits per heavy atom. The second-order valence-corrected chi connectivity index (χ2v) is 3.88.